The lowest BCUT2D eigenvalue weighted by atomic mass is 10.6. The monoisotopic (exact) mass is 315 g/mol. The minimum absolute atomic E-state index is 0.0936. The fourth-order valence-electron chi connectivity index (χ4n) is 0.828. The Morgan fingerprint density at radius 2 is 2.00 bits per heavy atom. The second-order valence-electron chi connectivity index (χ2n) is 3.32. The number of sulfone groups is 2. The van der Waals surface area contributed by atoms with Crippen LogP contribution >= 0.6 is 15.9 Å². The number of rotatable bonds is 3. The first-order chi connectivity index (χ1) is 6.68. The highest BCUT2D eigenvalue weighted by atomic mass is 79.9. The smallest absolute Gasteiger partial charge is 0.229 e. The maximum absolute atomic E-state index is 11.5. The number of halogens is 1. The van der Waals surface area contributed by atoms with Crippen LogP contribution in [-0.4, -0.2) is 32.9 Å². The van der Waals surface area contributed by atoms with Gasteiger partial charge in [-0.2, -0.15) is 0 Å². The first kappa shape index (κ1) is 12.9. The summed E-state index contributed by atoms with van der Waals surface area (Å²) in [5, 5.41) is -0.933. The molecule has 0 unspecified atom stereocenters. The van der Waals surface area contributed by atoms with Crippen LogP contribution in [0.1, 0.15) is 13.8 Å². The van der Waals surface area contributed by atoms with E-state index in [1.807, 2.05) is 0 Å². The molecule has 1 aliphatic heterocycles. The number of hydrogen-bond donors (Lipinski definition) is 0. The maximum Gasteiger partial charge on any atom is 0.229 e. The van der Waals surface area contributed by atoms with Crippen molar-refractivity contribution < 1.29 is 16.8 Å². The lowest BCUT2D eigenvalue weighted by Crippen LogP contribution is -2.27. The average molecular weight is 316 g/mol. The second-order valence-corrected chi connectivity index (χ2v) is 9.17. The molecule has 0 saturated heterocycles. The van der Waals surface area contributed by atoms with Gasteiger partial charge in [0.15, 0.2) is 14.9 Å². The van der Waals surface area contributed by atoms with Gasteiger partial charge in [-0.3, -0.25) is 0 Å². The summed E-state index contributed by atoms with van der Waals surface area (Å²) in [6.07, 6.45) is 1.10. The van der Waals surface area contributed by atoms with Gasteiger partial charge in [0.25, 0.3) is 0 Å². The predicted molar refractivity (Wildman–Crippen MR) is 62.3 cm³/mol. The van der Waals surface area contributed by atoms with Gasteiger partial charge in [-0.05, 0) is 29.8 Å². The van der Waals surface area contributed by atoms with E-state index < -0.39 is 30.7 Å². The van der Waals surface area contributed by atoms with E-state index in [-0.39, 0.29) is 8.86 Å². The van der Waals surface area contributed by atoms with E-state index in [1.165, 1.54) is 13.8 Å². The summed E-state index contributed by atoms with van der Waals surface area (Å²) in [4.78, 5) is 3.58. The molecule has 5 nitrogen and oxygen atoms in total. The third-order valence-electron chi connectivity index (χ3n) is 1.92. The van der Waals surface area contributed by atoms with Crippen LogP contribution in [-0.2, 0) is 19.7 Å². The molecule has 1 heterocycles. The third kappa shape index (κ3) is 2.48. The molecule has 0 N–H and O–H groups in total. The second kappa shape index (κ2) is 3.99. The Balaban J connectivity index is 3.00. The largest absolute Gasteiger partial charge is 0.246 e. The van der Waals surface area contributed by atoms with Gasteiger partial charge in [0.1, 0.15) is 9.57 Å². The minimum Gasteiger partial charge on any atom is -0.246 e. The summed E-state index contributed by atoms with van der Waals surface area (Å²) in [6, 6.07) is 0. The first-order valence-corrected chi connectivity index (χ1v) is 8.06. The Hall–Kier alpha value is -0.210. The van der Waals surface area contributed by atoms with Crippen LogP contribution in [0.5, 0.6) is 0 Å². The van der Waals surface area contributed by atoms with Gasteiger partial charge in [-0.1, -0.05) is 0 Å². The molecule has 86 valence electrons. The molecule has 0 atom stereocenters. The van der Waals surface area contributed by atoms with Crippen LogP contribution in [0.4, 0.5) is 0 Å². The van der Waals surface area contributed by atoms with E-state index in [0.29, 0.717) is 0 Å². The topological polar surface area (TPSA) is 80.6 Å². The Labute approximate surface area is 97.2 Å². The van der Waals surface area contributed by atoms with Crippen molar-refractivity contribution in [2.75, 3.05) is 5.75 Å². The van der Waals surface area contributed by atoms with Gasteiger partial charge < -0.3 is 0 Å². The van der Waals surface area contributed by atoms with Crippen molar-refractivity contribution in [3.63, 3.8) is 0 Å². The molecular weight excluding hydrogens is 306 g/mol. The maximum atomic E-state index is 11.5. The van der Waals surface area contributed by atoms with Crippen molar-refractivity contribution in [1.29, 1.82) is 0 Å². The molecule has 0 aromatic heterocycles. The van der Waals surface area contributed by atoms with Gasteiger partial charge in [0, 0.05) is 0 Å². The standard InChI is InChI=1S/C7H10BrNO4S2/c1-5(2)14(10,11)4-7-9-3-6(8)15(7,12)13/h3,5H,4H2,1-2H3. The van der Waals surface area contributed by atoms with Crippen LogP contribution in [0.2, 0.25) is 0 Å². The summed E-state index contributed by atoms with van der Waals surface area (Å²) in [7, 11) is -7.12. The zero-order valence-corrected chi connectivity index (χ0v) is 11.4. The Morgan fingerprint density at radius 1 is 1.47 bits per heavy atom. The van der Waals surface area contributed by atoms with Gasteiger partial charge >= 0.3 is 0 Å². The molecule has 1 rings (SSSR count). The zero-order chi connectivity index (χ0) is 11.9. The van der Waals surface area contributed by atoms with E-state index in [9.17, 15) is 16.8 Å². The van der Waals surface area contributed by atoms with Crippen LogP contribution in [0.25, 0.3) is 0 Å². The molecule has 0 aliphatic carbocycles. The van der Waals surface area contributed by atoms with Crippen LogP contribution in [0, 0.1) is 0 Å². The van der Waals surface area contributed by atoms with E-state index in [0.717, 1.165) is 6.20 Å². The molecule has 0 amide bonds. The SMILES string of the molecule is CC(C)S(=O)(=O)CC1=NC=C(Br)S1(=O)=O. The number of aliphatic imine (C=N–C) groups is 1. The summed E-state index contributed by atoms with van der Waals surface area (Å²) >= 11 is 2.81. The zero-order valence-electron chi connectivity index (χ0n) is 8.14. The van der Waals surface area contributed by atoms with Crippen molar-refractivity contribution in [1.82, 2.24) is 0 Å². The molecule has 0 saturated carbocycles. The summed E-state index contributed by atoms with van der Waals surface area (Å²) in [5.41, 5.74) is 0. The fraction of sp³-hybridized carbons (Fsp3) is 0.571. The van der Waals surface area contributed by atoms with E-state index in [1.54, 1.807) is 0 Å². The van der Waals surface area contributed by atoms with E-state index in [4.69, 9.17) is 0 Å². The first-order valence-electron chi connectivity index (χ1n) is 4.07. The van der Waals surface area contributed by atoms with Crippen LogP contribution in [0.3, 0.4) is 0 Å². The number of hydrogen-bond acceptors (Lipinski definition) is 5. The van der Waals surface area contributed by atoms with Gasteiger partial charge in [0.2, 0.25) is 9.84 Å². The van der Waals surface area contributed by atoms with E-state index >= 15 is 0 Å². The molecular formula is C7H10BrNO4S2. The van der Waals surface area contributed by atoms with Crippen molar-refractivity contribution >= 4 is 40.6 Å². The molecule has 0 aromatic rings. The highest BCUT2D eigenvalue weighted by molar-refractivity contribution is 9.14. The van der Waals surface area contributed by atoms with Gasteiger partial charge in [-0.25, -0.2) is 21.8 Å². The highest BCUT2D eigenvalue weighted by Crippen LogP contribution is 2.23. The molecule has 8 heteroatoms. The molecule has 0 fully saturated rings. The van der Waals surface area contributed by atoms with Gasteiger partial charge in [-0.15, -0.1) is 0 Å². The number of nitrogens with zero attached hydrogens (tertiary/aromatic N) is 1. The quantitative estimate of drug-likeness (QED) is 0.772. The Bertz CT molecular complexity index is 527. The molecule has 15 heavy (non-hydrogen) atoms. The minimum atomic E-state index is -3.68. The predicted octanol–water partition coefficient (Wildman–Crippen LogP) is 0.830. The normalized spacial score (nSPS) is 20.3. The van der Waals surface area contributed by atoms with Crippen LogP contribution in [0.15, 0.2) is 15.0 Å². The lowest BCUT2D eigenvalue weighted by Gasteiger charge is -2.07. The third-order valence-corrected chi connectivity index (χ3v) is 7.19. The molecule has 0 bridgehead atoms. The Morgan fingerprint density at radius 3 is 2.33 bits per heavy atom. The van der Waals surface area contributed by atoms with Crippen molar-refractivity contribution in [3.8, 4) is 0 Å². The van der Waals surface area contributed by atoms with Gasteiger partial charge in [0.05, 0.1) is 11.4 Å². The summed E-state index contributed by atoms with van der Waals surface area (Å²) < 4.78 is 45.9. The molecule has 1 aliphatic rings. The molecule has 0 aromatic carbocycles. The summed E-state index contributed by atoms with van der Waals surface area (Å²) in [5.74, 6) is -0.543. The van der Waals surface area contributed by atoms with Crippen molar-refractivity contribution in [3.05, 3.63) is 10.0 Å². The van der Waals surface area contributed by atoms with E-state index in [2.05, 4.69) is 20.9 Å². The molecule has 0 spiro atoms. The summed E-state index contributed by atoms with van der Waals surface area (Å²) in [6.45, 7) is 3.00. The van der Waals surface area contributed by atoms with Crippen molar-refractivity contribution in [2.45, 2.75) is 19.1 Å². The molecule has 0 radical (unpaired) electrons. The highest BCUT2D eigenvalue weighted by Gasteiger charge is 2.32. The fourth-order valence-corrected chi connectivity index (χ4v) is 3.96. The lowest BCUT2D eigenvalue weighted by molar-refractivity contribution is 0.590. The average Bonchev–Trinajstić information content (AvgIpc) is 2.31. The van der Waals surface area contributed by atoms with Crippen LogP contribution < -0.4 is 0 Å². The Kier molecular flexibility index (Phi) is 3.42. The van der Waals surface area contributed by atoms with Crippen molar-refractivity contribution in [2.24, 2.45) is 4.99 Å².